The number of likely N-dealkylation sites (tertiary alicyclic amines) is 1. The predicted molar refractivity (Wildman–Crippen MR) is 71.8 cm³/mol. The third kappa shape index (κ3) is 2.51. The number of aliphatic carboxylic acids is 1. The van der Waals surface area contributed by atoms with Gasteiger partial charge in [-0.15, -0.1) is 0 Å². The number of hydrogen-bond donors (Lipinski definition) is 2. The van der Waals surface area contributed by atoms with Gasteiger partial charge in [0.2, 0.25) is 11.8 Å². The fourth-order valence-electron chi connectivity index (χ4n) is 3.16. The van der Waals surface area contributed by atoms with Crippen molar-refractivity contribution in [2.75, 3.05) is 13.1 Å². The third-order valence-electron chi connectivity index (χ3n) is 4.52. The highest BCUT2D eigenvalue weighted by molar-refractivity contribution is 5.94. The monoisotopic (exact) mass is 282 g/mol. The Labute approximate surface area is 118 Å². The van der Waals surface area contributed by atoms with Gasteiger partial charge in [-0.25, -0.2) is 0 Å². The molecular formula is C14H22N2O4. The molecule has 0 aromatic rings. The van der Waals surface area contributed by atoms with Gasteiger partial charge in [-0.2, -0.15) is 0 Å². The van der Waals surface area contributed by atoms with Crippen LogP contribution in [0, 0.1) is 17.3 Å². The SMILES string of the molecule is CC(NC(=O)[C@H]1[C@@H](C(=O)O)C1(C)C)C(=O)N1CCCC1. The van der Waals surface area contributed by atoms with Crippen molar-refractivity contribution in [1.29, 1.82) is 0 Å². The summed E-state index contributed by atoms with van der Waals surface area (Å²) in [4.78, 5) is 37.0. The molecule has 2 aliphatic rings. The number of amides is 2. The Balaban J connectivity index is 1.92. The highest BCUT2D eigenvalue weighted by Crippen LogP contribution is 2.58. The van der Waals surface area contributed by atoms with E-state index in [4.69, 9.17) is 5.11 Å². The van der Waals surface area contributed by atoms with Crippen molar-refractivity contribution in [1.82, 2.24) is 10.2 Å². The van der Waals surface area contributed by atoms with E-state index in [9.17, 15) is 14.4 Å². The Hall–Kier alpha value is -1.59. The summed E-state index contributed by atoms with van der Waals surface area (Å²) in [5.74, 6) is -2.57. The molecule has 1 unspecified atom stereocenters. The number of rotatable bonds is 4. The maximum absolute atomic E-state index is 12.1. The lowest BCUT2D eigenvalue weighted by atomic mass is 10.1. The predicted octanol–water partition coefficient (Wildman–Crippen LogP) is 0.470. The Bertz CT molecular complexity index is 440. The number of hydrogen-bond acceptors (Lipinski definition) is 3. The first-order valence-electron chi connectivity index (χ1n) is 7.08. The molecule has 0 bridgehead atoms. The van der Waals surface area contributed by atoms with Gasteiger partial charge in [-0.1, -0.05) is 13.8 Å². The molecule has 112 valence electrons. The van der Waals surface area contributed by atoms with Gasteiger partial charge in [-0.05, 0) is 25.2 Å². The molecule has 0 aromatic carbocycles. The topological polar surface area (TPSA) is 86.7 Å². The minimum atomic E-state index is -0.950. The second-order valence-corrected chi connectivity index (χ2v) is 6.38. The van der Waals surface area contributed by atoms with Crippen LogP contribution in [0.5, 0.6) is 0 Å². The minimum absolute atomic E-state index is 0.0822. The summed E-state index contributed by atoms with van der Waals surface area (Å²) in [6.07, 6.45) is 2.01. The van der Waals surface area contributed by atoms with Crippen LogP contribution in [-0.2, 0) is 14.4 Å². The molecule has 1 heterocycles. The molecule has 20 heavy (non-hydrogen) atoms. The molecule has 2 amide bonds. The van der Waals surface area contributed by atoms with Crippen LogP contribution in [-0.4, -0.2) is 46.9 Å². The van der Waals surface area contributed by atoms with Crippen molar-refractivity contribution in [3.8, 4) is 0 Å². The molecule has 0 spiro atoms. The molecule has 1 saturated heterocycles. The molecule has 0 radical (unpaired) electrons. The highest BCUT2D eigenvalue weighted by Gasteiger charge is 2.66. The Morgan fingerprint density at radius 1 is 1.20 bits per heavy atom. The van der Waals surface area contributed by atoms with E-state index in [1.54, 1.807) is 25.7 Å². The van der Waals surface area contributed by atoms with Gasteiger partial charge in [0.15, 0.2) is 0 Å². The molecule has 6 heteroatoms. The molecular weight excluding hydrogens is 260 g/mol. The Morgan fingerprint density at radius 2 is 1.75 bits per heavy atom. The van der Waals surface area contributed by atoms with Crippen LogP contribution in [0.15, 0.2) is 0 Å². The number of carboxylic acid groups (broad SMARTS) is 1. The van der Waals surface area contributed by atoms with E-state index in [0.717, 1.165) is 25.9 Å². The summed E-state index contributed by atoms with van der Waals surface area (Å²) in [5.41, 5.74) is -0.535. The average molecular weight is 282 g/mol. The summed E-state index contributed by atoms with van der Waals surface area (Å²) < 4.78 is 0. The second-order valence-electron chi connectivity index (χ2n) is 6.38. The van der Waals surface area contributed by atoms with Crippen LogP contribution in [0.4, 0.5) is 0 Å². The zero-order valence-electron chi connectivity index (χ0n) is 12.2. The lowest BCUT2D eigenvalue weighted by Crippen LogP contribution is -2.46. The highest BCUT2D eigenvalue weighted by atomic mass is 16.4. The van der Waals surface area contributed by atoms with E-state index in [1.807, 2.05) is 0 Å². The van der Waals surface area contributed by atoms with Crippen LogP contribution in [0.25, 0.3) is 0 Å². The van der Waals surface area contributed by atoms with Crippen molar-refractivity contribution in [3.05, 3.63) is 0 Å². The van der Waals surface area contributed by atoms with Gasteiger partial charge in [-0.3, -0.25) is 14.4 Å². The van der Waals surface area contributed by atoms with Crippen molar-refractivity contribution in [2.45, 2.75) is 39.7 Å². The van der Waals surface area contributed by atoms with Gasteiger partial charge in [0.1, 0.15) is 6.04 Å². The number of carbonyl (C=O) groups excluding carboxylic acids is 2. The summed E-state index contributed by atoms with van der Waals surface area (Å²) in [6.45, 7) is 6.67. The third-order valence-corrected chi connectivity index (χ3v) is 4.52. The molecule has 1 saturated carbocycles. The van der Waals surface area contributed by atoms with Crippen molar-refractivity contribution < 1.29 is 19.5 Å². The lowest BCUT2D eigenvalue weighted by molar-refractivity contribution is -0.140. The first-order chi connectivity index (χ1) is 9.26. The maximum Gasteiger partial charge on any atom is 0.307 e. The summed E-state index contributed by atoms with van der Waals surface area (Å²) in [5, 5.41) is 11.7. The van der Waals surface area contributed by atoms with Gasteiger partial charge < -0.3 is 15.3 Å². The van der Waals surface area contributed by atoms with Gasteiger partial charge in [0.25, 0.3) is 0 Å². The van der Waals surface area contributed by atoms with Crippen LogP contribution in [0.3, 0.4) is 0 Å². The summed E-state index contributed by atoms with van der Waals surface area (Å²) in [6, 6.07) is -0.591. The lowest BCUT2D eigenvalue weighted by Gasteiger charge is -2.21. The second kappa shape index (κ2) is 5.07. The van der Waals surface area contributed by atoms with Crippen LogP contribution >= 0.6 is 0 Å². The normalized spacial score (nSPS) is 28.9. The molecule has 1 aliphatic carbocycles. The van der Waals surface area contributed by atoms with E-state index in [0.29, 0.717) is 0 Å². The van der Waals surface area contributed by atoms with Gasteiger partial charge >= 0.3 is 5.97 Å². The molecule has 6 nitrogen and oxygen atoms in total. The standard InChI is InChI=1S/C14H22N2O4/c1-8(12(18)16-6-4-5-7-16)15-11(17)9-10(13(19)20)14(9,2)3/h8-10H,4-7H2,1-3H3,(H,15,17)(H,19,20)/t8?,9-,10+/m1/s1. The first-order valence-corrected chi connectivity index (χ1v) is 7.08. The largest absolute Gasteiger partial charge is 0.481 e. The van der Waals surface area contributed by atoms with E-state index in [1.165, 1.54) is 0 Å². The average Bonchev–Trinajstić information content (AvgIpc) is 2.76. The van der Waals surface area contributed by atoms with E-state index >= 15 is 0 Å². The number of carbonyl (C=O) groups is 3. The fraction of sp³-hybridized carbons (Fsp3) is 0.786. The quantitative estimate of drug-likeness (QED) is 0.784. The van der Waals surface area contributed by atoms with Crippen molar-refractivity contribution in [3.63, 3.8) is 0 Å². The molecule has 2 rings (SSSR count). The van der Waals surface area contributed by atoms with Crippen molar-refractivity contribution >= 4 is 17.8 Å². The van der Waals surface area contributed by atoms with Crippen LogP contribution in [0.2, 0.25) is 0 Å². The van der Waals surface area contributed by atoms with E-state index < -0.39 is 29.3 Å². The number of nitrogens with one attached hydrogen (secondary N) is 1. The molecule has 2 N–H and O–H groups in total. The first kappa shape index (κ1) is 14.8. The maximum atomic E-state index is 12.1. The molecule has 3 atom stereocenters. The van der Waals surface area contributed by atoms with E-state index in [-0.39, 0.29) is 11.8 Å². The van der Waals surface area contributed by atoms with Crippen LogP contribution < -0.4 is 5.32 Å². The fourth-order valence-corrected chi connectivity index (χ4v) is 3.16. The summed E-state index contributed by atoms with van der Waals surface area (Å²) in [7, 11) is 0. The van der Waals surface area contributed by atoms with Gasteiger partial charge in [0.05, 0.1) is 11.8 Å². The Kier molecular flexibility index (Phi) is 3.75. The Morgan fingerprint density at radius 3 is 2.20 bits per heavy atom. The summed E-state index contributed by atoms with van der Waals surface area (Å²) >= 11 is 0. The smallest absolute Gasteiger partial charge is 0.307 e. The number of carboxylic acids is 1. The van der Waals surface area contributed by atoms with Crippen molar-refractivity contribution in [2.24, 2.45) is 17.3 Å². The minimum Gasteiger partial charge on any atom is -0.481 e. The zero-order chi connectivity index (χ0) is 15.1. The molecule has 1 aliphatic heterocycles. The van der Waals surface area contributed by atoms with E-state index in [2.05, 4.69) is 5.32 Å². The van der Waals surface area contributed by atoms with Gasteiger partial charge in [0, 0.05) is 13.1 Å². The molecule has 0 aromatic heterocycles. The zero-order valence-corrected chi connectivity index (χ0v) is 12.2. The number of nitrogens with zero attached hydrogens (tertiary/aromatic N) is 1. The molecule has 2 fully saturated rings. The van der Waals surface area contributed by atoms with Crippen LogP contribution in [0.1, 0.15) is 33.6 Å².